The number of benzene rings is 2. The molecular formula is C19H17Cl2F2NO5S. The highest BCUT2D eigenvalue weighted by atomic mass is 35.5. The number of carboxylic acid groups (broad SMARTS) is 1. The van der Waals surface area contributed by atoms with Crippen LogP contribution in [0.2, 0.25) is 10.0 Å². The number of hydrogen-bond donors (Lipinski definition) is 1. The van der Waals surface area contributed by atoms with Crippen molar-refractivity contribution < 1.29 is 31.8 Å². The van der Waals surface area contributed by atoms with E-state index in [2.05, 4.69) is 0 Å². The lowest BCUT2D eigenvalue weighted by Crippen LogP contribution is -2.34. The van der Waals surface area contributed by atoms with Crippen LogP contribution < -0.4 is 4.74 Å². The maximum Gasteiger partial charge on any atom is 0.341 e. The molecular weight excluding hydrogens is 463 g/mol. The molecule has 6 nitrogen and oxygen atoms in total. The summed E-state index contributed by atoms with van der Waals surface area (Å²) in [5, 5.41) is 9.00. The van der Waals surface area contributed by atoms with Crippen LogP contribution in [0.1, 0.15) is 30.0 Å². The van der Waals surface area contributed by atoms with Gasteiger partial charge in [0, 0.05) is 17.6 Å². The molecule has 0 saturated heterocycles. The van der Waals surface area contributed by atoms with Crippen LogP contribution in [-0.4, -0.2) is 37.5 Å². The Morgan fingerprint density at radius 2 is 2.00 bits per heavy atom. The molecule has 0 saturated carbocycles. The molecule has 162 valence electrons. The largest absolute Gasteiger partial charge is 0.479 e. The van der Waals surface area contributed by atoms with Gasteiger partial charge in [-0.1, -0.05) is 23.2 Å². The molecule has 30 heavy (non-hydrogen) atoms. The lowest BCUT2D eigenvalue weighted by Gasteiger charge is -2.33. The minimum atomic E-state index is -4.10. The molecule has 0 amide bonds. The lowest BCUT2D eigenvalue weighted by atomic mass is 9.86. The first-order valence-electron chi connectivity index (χ1n) is 8.82. The third kappa shape index (κ3) is 4.25. The van der Waals surface area contributed by atoms with E-state index in [1.165, 1.54) is 25.2 Å². The van der Waals surface area contributed by atoms with Crippen LogP contribution in [0.4, 0.5) is 8.78 Å². The van der Waals surface area contributed by atoms with Gasteiger partial charge in [0.05, 0.1) is 11.1 Å². The van der Waals surface area contributed by atoms with Crippen LogP contribution in [0.25, 0.3) is 0 Å². The molecule has 2 aromatic carbocycles. The van der Waals surface area contributed by atoms with Crippen LogP contribution in [0.15, 0.2) is 29.2 Å². The van der Waals surface area contributed by atoms with E-state index in [4.69, 9.17) is 33.0 Å². The van der Waals surface area contributed by atoms with E-state index in [0.717, 1.165) is 10.4 Å². The van der Waals surface area contributed by atoms with Gasteiger partial charge in [-0.15, -0.1) is 0 Å². The fraction of sp³-hybridized carbons (Fsp3) is 0.316. The number of halogens is 4. The molecule has 11 heteroatoms. The fourth-order valence-electron chi connectivity index (χ4n) is 3.51. The van der Waals surface area contributed by atoms with Gasteiger partial charge < -0.3 is 9.84 Å². The number of carboxylic acids is 1. The topological polar surface area (TPSA) is 83.9 Å². The van der Waals surface area contributed by atoms with Crippen molar-refractivity contribution in [3.63, 3.8) is 0 Å². The van der Waals surface area contributed by atoms with Gasteiger partial charge in [-0.2, -0.15) is 8.70 Å². The average Bonchev–Trinajstić information content (AvgIpc) is 2.67. The number of hydrogen-bond acceptors (Lipinski definition) is 4. The highest BCUT2D eigenvalue weighted by Gasteiger charge is 2.36. The summed E-state index contributed by atoms with van der Waals surface area (Å²) in [5.41, 5.74) is 0.465. The van der Waals surface area contributed by atoms with E-state index in [9.17, 15) is 22.0 Å². The molecule has 0 radical (unpaired) electrons. The smallest absolute Gasteiger partial charge is 0.341 e. The molecule has 2 aromatic rings. The first-order valence-corrected chi connectivity index (χ1v) is 11.0. The number of fused-ring (bicyclic) bond motifs is 1. The minimum Gasteiger partial charge on any atom is -0.479 e. The molecule has 3 rings (SSSR count). The van der Waals surface area contributed by atoms with Crippen LogP contribution in [0, 0.1) is 11.6 Å². The summed E-state index contributed by atoms with van der Waals surface area (Å²) >= 11 is 11.9. The Hall–Kier alpha value is -1.94. The SMILES string of the molecule is CN(C1CCCc2c1cc(F)c(F)c2OCC(=O)O)S(=O)(=O)c1ccc(Cl)cc1Cl. The second-order valence-electron chi connectivity index (χ2n) is 6.76. The van der Waals surface area contributed by atoms with Crippen LogP contribution in [0.3, 0.4) is 0 Å². The first kappa shape index (κ1) is 22.7. The van der Waals surface area contributed by atoms with Gasteiger partial charge in [0.2, 0.25) is 15.8 Å². The third-order valence-electron chi connectivity index (χ3n) is 4.91. The molecule has 0 fully saturated rings. The average molecular weight is 480 g/mol. The number of rotatable bonds is 6. The molecule has 0 heterocycles. The fourth-order valence-corrected chi connectivity index (χ4v) is 5.62. The second kappa shape index (κ2) is 8.66. The number of nitrogens with zero attached hydrogens (tertiary/aromatic N) is 1. The first-order chi connectivity index (χ1) is 14.0. The summed E-state index contributed by atoms with van der Waals surface area (Å²) in [6.45, 7) is -0.855. The Balaban J connectivity index is 2.06. The number of ether oxygens (including phenoxy) is 1. The zero-order valence-corrected chi connectivity index (χ0v) is 18.0. The van der Waals surface area contributed by atoms with E-state index in [-0.39, 0.29) is 32.5 Å². The number of carbonyl (C=O) groups is 1. The van der Waals surface area contributed by atoms with E-state index >= 15 is 0 Å². The molecule has 0 aromatic heterocycles. The summed E-state index contributed by atoms with van der Waals surface area (Å²) in [6.07, 6.45) is 1.09. The summed E-state index contributed by atoms with van der Waals surface area (Å²) < 4.78 is 60.9. The molecule has 1 aliphatic carbocycles. The van der Waals surface area contributed by atoms with Gasteiger partial charge in [0.25, 0.3) is 0 Å². The summed E-state index contributed by atoms with van der Waals surface area (Å²) in [5.74, 6) is -4.41. The lowest BCUT2D eigenvalue weighted by molar-refractivity contribution is -0.139. The summed E-state index contributed by atoms with van der Waals surface area (Å²) in [6, 6.07) is 4.05. The van der Waals surface area contributed by atoms with Crippen molar-refractivity contribution in [2.75, 3.05) is 13.7 Å². The van der Waals surface area contributed by atoms with Gasteiger partial charge in [-0.05, 0) is 49.1 Å². The van der Waals surface area contributed by atoms with E-state index in [1.54, 1.807) is 0 Å². The molecule has 1 N–H and O–H groups in total. The molecule has 1 atom stereocenters. The Morgan fingerprint density at radius 3 is 2.63 bits per heavy atom. The highest BCUT2D eigenvalue weighted by Crippen LogP contribution is 2.42. The van der Waals surface area contributed by atoms with Crippen LogP contribution in [0.5, 0.6) is 5.75 Å². The van der Waals surface area contributed by atoms with Crippen LogP contribution >= 0.6 is 23.2 Å². The minimum absolute atomic E-state index is 0.0684. The molecule has 0 spiro atoms. The predicted octanol–water partition coefficient (Wildman–Crippen LogP) is 4.43. The van der Waals surface area contributed by atoms with E-state index in [0.29, 0.717) is 12.8 Å². The molecule has 0 aliphatic heterocycles. The normalized spacial score (nSPS) is 16.4. The van der Waals surface area contributed by atoms with Gasteiger partial charge in [-0.3, -0.25) is 0 Å². The summed E-state index contributed by atoms with van der Waals surface area (Å²) in [4.78, 5) is 10.6. The van der Waals surface area contributed by atoms with Crippen molar-refractivity contribution in [3.05, 3.63) is 57.1 Å². The zero-order chi connectivity index (χ0) is 22.2. The third-order valence-corrected chi connectivity index (χ3v) is 7.49. The highest BCUT2D eigenvalue weighted by molar-refractivity contribution is 7.89. The maximum atomic E-state index is 14.3. The van der Waals surface area contributed by atoms with Gasteiger partial charge in [0.1, 0.15) is 4.90 Å². The zero-order valence-electron chi connectivity index (χ0n) is 15.7. The van der Waals surface area contributed by atoms with Crippen molar-refractivity contribution in [2.24, 2.45) is 0 Å². The van der Waals surface area contributed by atoms with E-state index in [1.807, 2.05) is 0 Å². The van der Waals surface area contributed by atoms with Crippen molar-refractivity contribution in [2.45, 2.75) is 30.2 Å². The second-order valence-corrected chi connectivity index (χ2v) is 9.57. The Kier molecular flexibility index (Phi) is 6.57. The predicted molar refractivity (Wildman–Crippen MR) is 107 cm³/mol. The summed E-state index contributed by atoms with van der Waals surface area (Å²) in [7, 11) is -2.78. The number of aliphatic carboxylic acids is 1. The standard InChI is InChI=1S/C19H17Cl2F2NO5S/c1-24(30(27,28)16-6-5-10(20)7-13(16)21)15-4-2-3-11-12(15)8-14(22)18(23)19(11)29-9-17(25)26/h5-8,15H,2-4,9H2,1H3,(H,25,26). The van der Waals surface area contributed by atoms with Crippen molar-refractivity contribution in [1.82, 2.24) is 4.31 Å². The van der Waals surface area contributed by atoms with Gasteiger partial charge >= 0.3 is 5.97 Å². The van der Waals surface area contributed by atoms with Crippen molar-refractivity contribution in [3.8, 4) is 5.75 Å². The number of sulfonamides is 1. The van der Waals surface area contributed by atoms with E-state index < -0.39 is 46.0 Å². The molecule has 1 aliphatic rings. The van der Waals surface area contributed by atoms with Crippen molar-refractivity contribution >= 4 is 39.2 Å². The Bertz CT molecular complexity index is 1110. The molecule has 0 bridgehead atoms. The monoisotopic (exact) mass is 479 g/mol. The van der Waals surface area contributed by atoms with Crippen molar-refractivity contribution in [1.29, 1.82) is 0 Å². The van der Waals surface area contributed by atoms with Crippen LogP contribution in [-0.2, 0) is 21.2 Å². The maximum absolute atomic E-state index is 14.3. The Labute approximate surface area is 182 Å². The molecule has 1 unspecified atom stereocenters. The van der Waals surface area contributed by atoms with Gasteiger partial charge in [0.15, 0.2) is 18.2 Å². The Morgan fingerprint density at radius 1 is 1.30 bits per heavy atom. The van der Waals surface area contributed by atoms with Gasteiger partial charge in [-0.25, -0.2) is 17.6 Å². The quantitative estimate of drug-likeness (QED) is 0.662.